The second kappa shape index (κ2) is 11.3. The third-order valence-electron chi connectivity index (χ3n) is 3.86. The zero-order valence-corrected chi connectivity index (χ0v) is 16.1. The molecule has 0 aliphatic heterocycles. The summed E-state index contributed by atoms with van der Waals surface area (Å²) in [5, 5.41) is 2.94. The molecule has 0 aliphatic carbocycles. The highest BCUT2D eigenvalue weighted by molar-refractivity contribution is 5.76. The third kappa shape index (κ3) is 8.14. The molecule has 1 unspecified atom stereocenters. The highest BCUT2D eigenvalue weighted by Crippen LogP contribution is 2.31. The van der Waals surface area contributed by atoms with Gasteiger partial charge in [0.25, 0.3) is 0 Å². The Morgan fingerprint density at radius 1 is 0.962 bits per heavy atom. The van der Waals surface area contributed by atoms with Gasteiger partial charge < -0.3 is 14.8 Å². The number of rotatable bonds is 10. The first-order valence-corrected chi connectivity index (χ1v) is 9.13. The molecule has 0 heterocycles. The van der Waals surface area contributed by atoms with Gasteiger partial charge in [0.2, 0.25) is 5.91 Å². The third-order valence-corrected chi connectivity index (χ3v) is 3.86. The van der Waals surface area contributed by atoms with Gasteiger partial charge in [-0.15, -0.1) is 0 Å². The number of amides is 1. The summed E-state index contributed by atoms with van der Waals surface area (Å²) >= 11 is 0. The Bertz CT molecular complexity index is 627. The van der Waals surface area contributed by atoms with Crippen LogP contribution in [-0.2, 0) is 14.4 Å². The van der Waals surface area contributed by atoms with E-state index in [1.165, 1.54) is 26.7 Å². The summed E-state index contributed by atoms with van der Waals surface area (Å²) in [5.74, 6) is -0.696. The van der Waals surface area contributed by atoms with Crippen LogP contribution in [-0.4, -0.2) is 17.8 Å². The van der Waals surface area contributed by atoms with Crippen LogP contribution in [0.3, 0.4) is 0 Å². The van der Waals surface area contributed by atoms with Gasteiger partial charge in [-0.05, 0) is 31.0 Å². The van der Waals surface area contributed by atoms with Crippen molar-refractivity contribution in [2.75, 3.05) is 0 Å². The molecule has 1 aromatic rings. The largest absolute Gasteiger partial charge is 0.423 e. The smallest absolute Gasteiger partial charge is 0.308 e. The maximum absolute atomic E-state index is 12.1. The molecule has 0 saturated heterocycles. The lowest BCUT2D eigenvalue weighted by molar-refractivity contribution is -0.134. The van der Waals surface area contributed by atoms with Crippen molar-refractivity contribution in [3.05, 3.63) is 23.8 Å². The van der Waals surface area contributed by atoms with Gasteiger partial charge in [0.15, 0.2) is 11.5 Å². The predicted octanol–water partition coefficient (Wildman–Crippen LogP) is 4.07. The summed E-state index contributed by atoms with van der Waals surface area (Å²) in [6, 6.07) is 4.64. The van der Waals surface area contributed by atoms with Crippen LogP contribution in [0.15, 0.2) is 18.2 Å². The number of carbonyl (C=O) groups excluding carboxylic acids is 3. The fraction of sp³-hybridized carbons (Fsp3) is 0.550. The summed E-state index contributed by atoms with van der Waals surface area (Å²) < 4.78 is 10.2. The summed E-state index contributed by atoms with van der Waals surface area (Å²) in [5.41, 5.74) is 0.761. The van der Waals surface area contributed by atoms with Crippen molar-refractivity contribution in [2.24, 2.45) is 0 Å². The van der Waals surface area contributed by atoms with E-state index < -0.39 is 11.9 Å². The van der Waals surface area contributed by atoms with E-state index in [1.807, 2.05) is 6.92 Å². The van der Waals surface area contributed by atoms with E-state index in [0.717, 1.165) is 24.8 Å². The van der Waals surface area contributed by atoms with E-state index in [2.05, 4.69) is 12.2 Å². The molecule has 144 valence electrons. The first-order valence-electron chi connectivity index (χ1n) is 9.13. The van der Waals surface area contributed by atoms with E-state index in [4.69, 9.17) is 9.47 Å². The van der Waals surface area contributed by atoms with Gasteiger partial charge in [0.1, 0.15) is 0 Å². The Kier molecular flexibility index (Phi) is 9.41. The van der Waals surface area contributed by atoms with Crippen LogP contribution >= 0.6 is 0 Å². The van der Waals surface area contributed by atoms with Crippen LogP contribution < -0.4 is 14.8 Å². The number of hydrogen-bond acceptors (Lipinski definition) is 5. The summed E-state index contributed by atoms with van der Waals surface area (Å²) in [6.45, 7) is 6.56. The number of carbonyl (C=O) groups is 3. The fourth-order valence-electron chi connectivity index (χ4n) is 2.55. The molecule has 0 radical (unpaired) electrons. The number of benzene rings is 1. The maximum Gasteiger partial charge on any atom is 0.308 e. The van der Waals surface area contributed by atoms with Crippen LogP contribution in [0.25, 0.3) is 0 Å². The van der Waals surface area contributed by atoms with Crippen molar-refractivity contribution in [3.8, 4) is 11.5 Å². The minimum Gasteiger partial charge on any atom is -0.423 e. The van der Waals surface area contributed by atoms with Crippen LogP contribution in [0.1, 0.15) is 77.8 Å². The molecule has 1 atom stereocenters. The van der Waals surface area contributed by atoms with Crippen LogP contribution in [0.5, 0.6) is 11.5 Å². The van der Waals surface area contributed by atoms with E-state index in [-0.39, 0.29) is 23.4 Å². The second-order valence-electron chi connectivity index (χ2n) is 6.35. The number of unbranched alkanes of at least 4 members (excludes halogenated alkanes) is 4. The molecular weight excluding hydrogens is 334 g/mol. The van der Waals surface area contributed by atoms with E-state index in [9.17, 15) is 14.4 Å². The lowest BCUT2D eigenvalue weighted by atomic mass is 10.1. The van der Waals surface area contributed by atoms with Crippen LogP contribution in [0.4, 0.5) is 0 Å². The number of esters is 2. The molecule has 0 fully saturated rings. The van der Waals surface area contributed by atoms with E-state index >= 15 is 0 Å². The molecule has 6 heteroatoms. The van der Waals surface area contributed by atoms with Gasteiger partial charge >= 0.3 is 11.9 Å². The Labute approximate surface area is 155 Å². The lowest BCUT2D eigenvalue weighted by Crippen LogP contribution is -2.26. The van der Waals surface area contributed by atoms with Crippen molar-refractivity contribution in [1.82, 2.24) is 5.32 Å². The topological polar surface area (TPSA) is 81.7 Å². The average Bonchev–Trinajstić information content (AvgIpc) is 2.55. The zero-order valence-electron chi connectivity index (χ0n) is 16.1. The first-order chi connectivity index (χ1) is 12.3. The molecule has 26 heavy (non-hydrogen) atoms. The summed E-state index contributed by atoms with van der Waals surface area (Å²) in [6.07, 6.45) is 5.97. The van der Waals surface area contributed by atoms with Crippen LogP contribution in [0, 0.1) is 0 Å². The van der Waals surface area contributed by atoms with E-state index in [1.54, 1.807) is 18.2 Å². The molecule has 0 saturated carbocycles. The monoisotopic (exact) mass is 363 g/mol. The first kappa shape index (κ1) is 21.7. The zero-order chi connectivity index (χ0) is 19.5. The molecule has 0 bridgehead atoms. The van der Waals surface area contributed by atoms with Crippen molar-refractivity contribution in [2.45, 2.75) is 72.3 Å². The Morgan fingerprint density at radius 2 is 1.58 bits per heavy atom. The van der Waals surface area contributed by atoms with Crippen molar-refractivity contribution in [3.63, 3.8) is 0 Å². The Balaban J connectivity index is 2.69. The Hall–Kier alpha value is -2.37. The SMILES string of the molecule is CCCCCCCC(=O)NC(C)c1ccc(OC(C)=O)c(OC(C)=O)c1. The molecule has 0 aliphatic rings. The number of hydrogen-bond donors (Lipinski definition) is 1. The molecule has 6 nitrogen and oxygen atoms in total. The maximum atomic E-state index is 12.1. The number of ether oxygens (including phenoxy) is 2. The molecular formula is C20H29NO5. The molecule has 0 spiro atoms. The van der Waals surface area contributed by atoms with Crippen molar-refractivity contribution >= 4 is 17.8 Å². The Morgan fingerprint density at radius 3 is 2.19 bits per heavy atom. The van der Waals surface area contributed by atoms with E-state index in [0.29, 0.717) is 6.42 Å². The van der Waals surface area contributed by atoms with Gasteiger partial charge in [0.05, 0.1) is 6.04 Å². The van der Waals surface area contributed by atoms with Crippen LogP contribution in [0.2, 0.25) is 0 Å². The molecule has 1 amide bonds. The second-order valence-corrected chi connectivity index (χ2v) is 6.35. The predicted molar refractivity (Wildman–Crippen MR) is 99.0 cm³/mol. The fourth-order valence-corrected chi connectivity index (χ4v) is 2.55. The molecule has 1 rings (SSSR count). The van der Waals surface area contributed by atoms with Gasteiger partial charge in [-0.2, -0.15) is 0 Å². The summed E-state index contributed by atoms with van der Waals surface area (Å²) in [7, 11) is 0. The summed E-state index contributed by atoms with van der Waals surface area (Å²) in [4.78, 5) is 34.5. The minimum absolute atomic E-state index is 0.00732. The highest BCUT2D eigenvalue weighted by Gasteiger charge is 2.15. The normalized spacial score (nSPS) is 11.5. The highest BCUT2D eigenvalue weighted by atomic mass is 16.6. The standard InChI is InChI=1S/C20H29NO5/c1-5-6-7-8-9-10-20(24)21-14(2)17-11-12-18(25-15(3)22)19(13-17)26-16(4)23/h11-14H,5-10H2,1-4H3,(H,21,24). The van der Waals surface area contributed by atoms with Crippen molar-refractivity contribution in [1.29, 1.82) is 0 Å². The van der Waals surface area contributed by atoms with Crippen molar-refractivity contribution < 1.29 is 23.9 Å². The average molecular weight is 363 g/mol. The van der Waals surface area contributed by atoms with Gasteiger partial charge in [-0.25, -0.2) is 0 Å². The number of nitrogens with one attached hydrogen (secondary N) is 1. The lowest BCUT2D eigenvalue weighted by Gasteiger charge is -2.17. The molecule has 1 N–H and O–H groups in total. The van der Waals surface area contributed by atoms with Gasteiger partial charge in [-0.1, -0.05) is 38.7 Å². The molecule has 1 aromatic carbocycles. The van der Waals surface area contributed by atoms with Gasteiger partial charge in [0, 0.05) is 20.3 Å². The minimum atomic E-state index is -0.515. The quantitative estimate of drug-likeness (QED) is 0.385. The van der Waals surface area contributed by atoms with Gasteiger partial charge in [-0.3, -0.25) is 14.4 Å². The molecule has 0 aromatic heterocycles.